The fourth-order valence-corrected chi connectivity index (χ4v) is 2.65. The van der Waals surface area contributed by atoms with Crippen molar-refractivity contribution in [2.75, 3.05) is 7.11 Å². The van der Waals surface area contributed by atoms with Crippen LogP contribution in [0.15, 0.2) is 36.8 Å². The van der Waals surface area contributed by atoms with E-state index in [-0.39, 0.29) is 18.1 Å². The number of aromatic nitrogens is 2. The van der Waals surface area contributed by atoms with Gasteiger partial charge in [0.1, 0.15) is 11.4 Å². The molecule has 1 aromatic carbocycles. The lowest BCUT2D eigenvalue weighted by Gasteiger charge is -2.31. The number of hydrogen-bond donors (Lipinski definition) is 1. The van der Waals surface area contributed by atoms with Crippen LogP contribution < -0.4 is 4.74 Å². The molecule has 1 aliphatic heterocycles. The van der Waals surface area contributed by atoms with Crippen molar-refractivity contribution in [3.8, 4) is 5.75 Å². The number of benzene rings is 1. The Balaban J connectivity index is 0.000000471. The van der Waals surface area contributed by atoms with Crippen molar-refractivity contribution in [2.24, 2.45) is 0 Å². The minimum absolute atomic E-state index is 0.0338. The number of imidazole rings is 1. The summed E-state index contributed by atoms with van der Waals surface area (Å²) in [6, 6.07) is 7.93. The highest BCUT2D eigenvalue weighted by atomic mass is 16.9. The van der Waals surface area contributed by atoms with Gasteiger partial charge in [0.25, 0.3) is 5.09 Å². The molecule has 2 atom stereocenters. The third-order valence-corrected chi connectivity index (χ3v) is 3.56. The van der Waals surface area contributed by atoms with Crippen LogP contribution in [0.3, 0.4) is 0 Å². The number of para-hydroxylation sites is 1. The number of esters is 1. The van der Waals surface area contributed by atoms with E-state index >= 15 is 0 Å². The van der Waals surface area contributed by atoms with Crippen LogP contribution in [0.5, 0.6) is 5.75 Å². The maximum Gasteiger partial charge on any atom is 0.356 e. The summed E-state index contributed by atoms with van der Waals surface area (Å²) < 4.78 is 12.5. The number of carbonyl (C=O) groups excluding carboxylic acids is 1. The lowest BCUT2D eigenvalue weighted by molar-refractivity contribution is -0.742. The second-order valence-corrected chi connectivity index (χ2v) is 5.13. The van der Waals surface area contributed by atoms with Gasteiger partial charge in [0.05, 0.1) is 31.8 Å². The molecule has 0 fully saturated rings. The van der Waals surface area contributed by atoms with Crippen molar-refractivity contribution in [1.29, 1.82) is 0 Å². The van der Waals surface area contributed by atoms with Crippen molar-refractivity contribution in [3.05, 3.63) is 58.2 Å². The maximum atomic E-state index is 11.8. The highest BCUT2D eigenvalue weighted by molar-refractivity contribution is 5.87. The lowest BCUT2D eigenvalue weighted by atomic mass is 9.96. The fraction of sp³-hybridized carbons (Fsp3) is 0.333. The Labute approximate surface area is 137 Å². The van der Waals surface area contributed by atoms with Crippen LogP contribution in [0.4, 0.5) is 0 Å². The Hall–Kier alpha value is -3.10. The predicted molar refractivity (Wildman–Crippen MR) is 81.6 cm³/mol. The van der Waals surface area contributed by atoms with E-state index in [0.717, 1.165) is 17.7 Å². The topological polar surface area (TPSA) is 117 Å². The van der Waals surface area contributed by atoms with Crippen LogP contribution in [-0.4, -0.2) is 39.0 Å². The first kappa shape index (κ1) is 17.3. The first-order valence-electron chi connectivity index (χ1n) is 7.13. The summed E-state index contributed by atoms with van der Waals surface area (Å²) in [4.78, 5) is 24.3. The van der Waals surface area contributed by atoms with Crippen LogP contribution in [0.2, 0.25) is 0 Å². The zero-order valence-corrected chi connectivity index (χ0v) is 13.2. The van der Waals surface area contributed by atoms with Gasteiger partial charge in [-0.25, -0.2) is 9.78 Å². The molecule has 0 aliphatic carbocycles. The summed E-state index contributed by atoms with van der Waals surface area (Å²) in [5.41, 5.74) is 1.52. The van der Waals surface area contributed by atoms with Gasteiger partial charge >= 0.3 is 5.97 Å². The van der Waals surface area contributed by atoms with E-state index in [9.17, 15) is 4.79 Å². The number of hydrogen-bond acceptors (Lipinski definition) is 6. The molecule has 0 radical (unpaired) electrons. The summed E-state index contributed by atoms with van der Waals surface area (Å²) >= 11 is 0. The van der Waals surface area contributed by atoms with Gasteiger partial charge < -0.3 is 19.2 Å². The Morgan fingerprint density at radius 1 is 1.50 bits per heavy atom. The first-order chi connectivity index (χ1) is 11.4. The van der Waals surface area contributed by atoms with Crippen LogP contribution in [0.1, 0.15) is 35.4 Å². The summed E-state index contributed by atoms with van der Waals surface area (Å²) in [6.45, 7) is 2.03. The van der Waals surface area contributed by atoms with E-state index in [0.29, 0.717) is 5.69 Å². The highest BCUT2D eigenvalue weighted by Gasteiger charge is 2.29. The minimum atomic E-state index is -1.50. The molecule has 2 heterocycles. The molecule has 9 nitrogen and oxygen atoms in total. The number of ether oxygens (including phenoxy) is 2. The van der Waals surface area contributed by atoms with E-state index < -0.39 is 5.09 Å². The molecule has 2 aromatic rings. The third kappa shape index (κ3) is 3.80. The van der Waals surface area contributed by atoms with Crippen molar-refractivity contribution in [1.82, 2.24) is 9.55 Å². The number of carbonyl (C=O) groups is 1. The van der Waals surface area contributed by atoms with Gasteiger partial charge in [0.15, 0.2) is 0 Å². The average Bonchev–Trinajstić information content (AvgIpc) is 3.02. The largest absolute Gasteiger partial charge is 0.490 e. The van der Waals surface area contributed by atoms with Gasteiger partial charge in [-0.05, 0) is 13.0 Å². The molecule has 1 aliphatic rings. The normalized spacial score (nSPS) is 18.4. The summed E-state index contributed by atoms with van der Waals surface area (Å²) in [6.07, 6.45) is 4.08. The van der Waals surface area contributed by atoms with Crippen LogP contribution >= 0.6 is 0 Å². The zero-order valence-electron chi connectivity index (χ0n) is 13.2. The van der Waals surface area contributed by atoms with Gasteiger partial charge in [-0.3, -0.25) is 0 Å². The molecule has 1 N–H and O–H groups in total. The average molecular weight is 335 g/mol. The van der Waals surface area contributed by atoms with Gasteiger partial charge in [-0.1, -0.05) is 18.2 Å². The van der Waals surface area contributed by atoms with E-state index in [1.165, 1.54) is 13.3 Å². The smallest absolute Gasteiger partial charge is 0.356 e. The summed E-state index contributed by atoms with van der Waals surface area (Å²) in [7, 11) is 1.38. The standard InChI is InChI=1S/C15H16N2O3.HNO3/c1-10-7-12(11-5-3-4-6-14(11)20-10)17-9-16-8-13(17)15(18)19-2;2-1(3)4/h3-6,8-10,12H,7H2,1-2H3;(H,2,3,4)/t10-,12-;/m0./s1. The van der Waals surface area contributed by atoms with Crippen molar-refractivity contribution in [3.63, 3.8) is 0 Å². The molecule has 0 bridgehead atoms. The molecule has 1 aromatic heterocycles. The number of nitrogens with zero attached hydrogens (tertiary/aromatic N) is 3. The zero-order chi connectivity index (χ0) is 17.7. The van der Waals surface area contributed by atoms with Crippen molar-refractivity contribution >= 4 is 5.97 Å². The molecule has 128 valence electrons. The Morgan fingerprint density at radius 3 is 2.83 bits per heavy atom. The number of methoxy groups -OCH3 is 1. The van der Waals surface area contributed by atoms with Crippen LogP contribution in [0, 0.1) is 10.1 Å². The molecule has 0 amide bonds. The molecule has 24 heavy (non-hydrogen) atoms. The van der Waals surface area contributed by atoms with E-state index in [4.69, 9.17) is 24.8 Å². The Kier molecular flexibility index (Phi) is 5.35. The van der Waals surface area contributed by atoms with E-state index in [1.807, 2.05) is 35.8 Å². The third-order valence-electron chi connectivity index (χ3n) is 3.56. The Bertz CT molecular complexity index is 726. The SMILES string of the molecule is COC(=O)c1cncn1[C@H]1C[C@H](C)Oc2ccccc21.O=[N+]([O-])O. The van der Waals surface area contributed by atoms with Crippen molar-refractivity contribution < 1.29 is 24.6 Å². The second kappa shape index (κ2) is 7.44. The molecule has 0 saturated heterocycles. The van der Waals surface area contributed by atoms with Gasteiger partial charge in [-0.2, -0.15) is 0 Å². The molecule has 3 rings (SSSR count). The maximum absolute atomic E-state index is 11.8. The van der Waals surface area contributed by atoms with E-state index in [1.54, 1.807) is 6.33 Å². The minimum Gasteiger partial charge on any atom is -0.490 e. The highest BCUT2D eigenvalue weighted by Crippen LogP contribution is 2.37. The fourth-order valence-electron chi connectivity index (χ4n) is 2.65. The number of fused-ring (bicyclic) bond motifs is 1. The van der Waals surface area contributed by atoms with Crippen LogP contribution in [-0.2, 0) is 4.74 Å². The van der Waals surface area contributed by atoms with E-state index in [2.05, 4.69) is 4.98 Å². The first-order valence-corrected chi connectivity index (χ1v) is 7.13. The molecule has 0 saturated carbocycles. The summed E-state index contributed by atoms with van der Waals surface area (Å²) in [5, 5.41) is 13.6. The summed E-state index contributed by atoms with van der Waals surface area (Å²) in [5.74, 6) is 0.486. The lowest BCUT2D eigenvalue weighted by Crippen LogP contribution is -2.28. The second-order valence-electron chi connectivity index (χ2n) is 5.13. The monoisotopic (exact) mass is 335 g/mol. The number of rotatable bonds is 2. The molecular formula is C15H17N3O6. The van der Waals surface area contributed by atoms with Crippen LogP contribution in [0.25, 0.3) is 0 Å². The Morgan fingerprint density at radius 2 is 2.17 bits per heavy atom. The molecular weight excluding hydrogens is 318 g/mol. The van der Waals surface area contributed by atoms with Crippen molar-refractivity contribution in [2.45, 2.75) is 25.5 Å². The molecule has 9 heteroatoms. The van der Waals surface area contributed by atoms with Gasteiger partial charge in [-0.15, -0.1) is 10.1 Å². The molecule has 0 spiro atoms. The van der Waals surface area contributed by atoms with Gasteiger partial charge in [0, 0.05) is 12.0 Å². The predicted octanol–water partition coefficient (Wildman–Crippen LogP) is 2.08. The quantitative estimate of drug-likeness (QED) is 0.507. The van der Waals surface area contributed by atoms with Gasteiger partial charge in [0.2, 0.25) is 0 Å². The molecule has 0 unspecified atom stereocenters.